The molecule has 16 heavy (non-hydrogen) atoms. The lowest BCUT2D eigenvalue weighted by molar-refractivity contribution is -0.114. The van der Waals surface area contributed by atoms with Crippen molar-refractivity contribution in [2.45, 2.75) is 25.9 Å². The largest absolute Gasteiger partial charge is 0.412 e. The summed E-state index contributed by atoms with van der Waals surface area (Å²) in [6.07, 6.45) is 2.41. The van der Waals surface area contributed by atoms with Crippen molar-refractivity contribution >= 4 is 5.91 Å². The molecule has 0 aliphatic rings. The summed E-state index contributed by atoms with van der Waals surface area (Å²) < 4.78 is 5.07. The molecule has 0 fully saturated rings. The van der Waals surface area contributed by atoms with Crippen molar-refractivity contribution in [3.05, 3.63) is 11.6 Å². The van der Waals surface area contributed by atoms with Gasteiger partial charge in [0.15, 0.2) is 0 Å². The number of unbranched alkanes of at least 4 members (excludes halogenated alkanes) is 1. The molecule has 6 heteroatoms. The molecule has 0 heterocycles. The predicted molar refractivity (Wildman–Crippen MR) is 59.7 cm³/mol. The molecule has 1 atom stereocenters. The highest BCUT2D eigenvalue weighted by Crippen LogP contribution is 1.98. The number of hydrogen-bond donors (Lipinski definition) is 3. The second-order valence-electron chi connectivity index (χ2n) is 3.30. The summed E-state index contributed by atoms with van der Waals surface area (Å²) in [5.74, 6) is -0.411. The lowest BCUT2D eigenvalue weighted by atomic mass is 10.2. The Kier molecular flexibility index (Phi) is 11.5. The fourth-order valence-corrected chi connectivity index (χ4v) is 0.877. The van der Waals surface area contributed by atoms with Crippen LogP contribution >= 0.6 is 0 Å². The molecule has 1 unspecified atom stereocenters. The van der Waals surface area contributed by atoms with Gasteiger partial charge in [-0.25, -0.2) is 0 Å². The lowest BCUT2D eigenvalue weighted by Crippen LogP contribution is -2.19. The Morgan fingerprint density at radius 2 is 2.19 bits per heavy atom. The van der Waals surface area contributed by atoms with Crippen molar-refractivity contribution < 1.29 is 25.2 Å². The molecule has 6 nitrogen and oxygen atoms in total. The summed E-state index contributed by atoms with van der Waals surface area (Å²) in [4.78, 5) is 10.6. The quantitative estimate of drug-likeness (QED) is 0.359. The first-order valence-electron chi connectivity index (χ1n) is 4.91. The number of ether oxygens (including phenoxy) is 1. The normalized spacial score (nSPS) is 13.1. The number of nitrogens with two attached hydrogens (primary N) is 1. The first-order valence-corrected chi connectivity index (χ1v) is 4.91. The molecular formula is C10H21NO5. The Morgan fingerprint density at radius 1 is 1.56 bits per heavy atom. The van der Waals surface area contributed by atoms with E-state index in [0.717, 1.165) is 6.42 Å². The van der Waals surface area contributed by atoms with Gasteiger partial charge in [-0.2, -0.15) is 0 Å². The number of aliphatic hydroxyl groups is 2. The molecule has 0 aromatic heterocycles. The standard InChI is InChI=1S/C10H19NO4.H2O/c1-8(10(11)14)4-2-3-5-15-7-9(13)6-12;/h4,9,12-13H,2-3,5-7H2,1H3,(H2,11,14);1H2. The second kappa shape index (κ2) is 10.6. The van der Waals surface area contributed by atoms with Crippen molar-refractivity contribution in [2.75, 3.05) is 19.8 Å². The zero-order chi connectivity index (χ0) is 11.7. The van der Waals surface area contributed by atoms with Gasteiger partial charge in [-0.15, -0.1) is 0 Å². The molecular weight excluding hydrogens is 214 g/mol. The van der Waals surface area contributed by atoms with Crippen molar-refractivity contribution in [2.24, 2.45) is 5.73 Å². The summed E-state index contributed by atoms with van der Waals surface area (Å²) in [6.45, 7) is 1.99. The van der Waals surface area contributed by atoms with Crippen LogP contribution in [0, 0.1) is 0 Å². The highest BCUT2D eigenvalue weighted by molar-refractivity contribution is 5.91. The monoisotopic (exact) mass is 235 g/mol. The molecule has 0 saturated carbocycles. The van der Waals surface area contributed by atoms with E-state index < -0.39 is 12.0 Å². The van der Waals surface area contributed by atoms with Crippen molar-refractivity contribution in [3.63, 3.8) is 0 Å². The van der Waals surface area contributed by atoms with Gasteiger partial charge >= 0.3 is 0 Å². The van der Waals surface area contributed by atoms with E-state index in [1.807, 2.05) is 0 Å². The molecule has 0 aromatic carbocycles. The molecule has 6 N–H and O–H groups in total. The maximum absolute atomic E-state index is 10.6. The first kappa shape index (κ1) is 17.4. The van der Waals surface area contributed by atoms with Crippen molar-refractivity contribution in [1.29, 1.82) is 0 Å². The molecule has 0 aliphatic carbocycles. The Labute approximate surface area is 95.0 Å². The smallest absolute Gasteiger partial charge is 0.244 e. The number of hydrogen-bond acceptors (Lipinski definition) is 4. The third-order valence-electron chi connectivity index (χ3n) is 1.85. The topological polar surface area (TPSA) is 124 Å². The van der Waals surface area contributed by atoms with Crippen LogP contribution in [0.4, 0.5) is 0 Å². The number of amides is 1. The minimum absolute atomic E-state index is 0. The molecule has 0 spiro atoms. The average Bonchev–Trinajstić information content (AvgIpc) is 2.22. The molecule has 0 radical (unpaired) electrons. The van der Waals surface area contributed by atoms with Crippen molar-refractivity contribution in [1.82, 2.24) is 0 Å². The highest BCUT2D eigenvalue weighted by atomic mass is 16.5. The van der Waals surface area contributed by atoms with Gasteiger partial charge in [0.05, 0.1) is 13.2 Å². The molecule has 0 rings (SSSR count). The zero-order valence-electron chi connectivity index (χ0n) is 9.48. The van der Waals surface area contributed by atoms with Crippen LogP contribution < -0.4 is 5.73 Å². The van der Waals surface area contributed by atoms with E-state index in [1.165, 1.54) is 0 Å². The van der Waals surface area contributed by atoms with Crippen LogP contribution in [0.5, 0.6) is 0 Å². The zero-order valence-corrected chi connectivity index (χ0v) is 9.48. The van der Waals surface area contributed by atoms with Crippen LogP contribution in [-0.4, -0.2) is 47.5 Å². The molecule has 1 amide bonds. The lowest BCUT2D eigenvalue weighted by Gasteiger charge is -2.07. The van der Waals surface area contributed by atoms with E-state index in [-0.39, 0.29) is 18.7 Å². The predicted octanol–water partition coefficient (Wildman–Crippen LogP) is -1.26. The number of rotatable bonds is 8. The van der Waals surface area contributed by atoms with E-state index in [4.69, 9.17) is 20.7 Å². The number of aliphatic hydroxyl groups excluding tert-OH is 2. The second-order valence-corrected chi connectivity index (χ2v) is 3.30. The van der Waals surface area contributed by atoms with Crippen molar-refractivity contribution in [3.8, 4) is 0 Å². The Bertz CT molecular complexity index is 217. The van der Waals surface area contributed by atoms with Crippen LogP contribution in [0.3, 0.4) is 0 Å². The molecule has 0 saturated heterocycles. The number of carbonyl (C=O) groups is 1. The maximum Gasteiger partial charge on any atom is 0.244 e. The van der Waals surface area contributed by atoms with Crippen LogP contribution in [-0.2, 0) is 9.53 Å². The van der Waals surface area contributed by atoms with Gasteiger partial charge in [0.1, 0.15) is 6.10 Å². The summed E-state index contributed by atoms with van der Waals surface area (Å²) in [5, 5.41) is 17.4. The minimum Gasteiger partial charge on any atom is -0.412 e. The maximum atomic E-state index is 10.6. The van der Waals surface area contributed by atoms with Gasteiger partial charge < -0.3 is 26.2 Å². The van der Waals surface area contributed by atoms with E-state index in [0.29, 0.717) is 18.6 Å². The van der Waals surface area contributed by atoms with Gasteiger partial charge in [-0.1, -0.05) is 6.08 Å². The minimum atomic E-state index is -0.812. The summed E-state index contributed by atoms with van der Waals surface area (Å²) in [7, 11) is 0. The van der Waals surface area contributed by atoms with Crippen LogP contribution in [0.2, 0.25) is 0 Å². The SMILES string of the molecule is CC(=CCCCOCC(O)CO)C(N)=O.O. The van der Waals surface area contributed by atoms with E-state index >= 15 is 0 Å². The number of carbonyl (C=O) groups excluding carboxylic acids is 1. The fraction of sp³-hybridized carbons (Fsp3) is 0.700. The number of primary amides is 1. The van der Waals surface area contributed by atoms with Gasteiger partial charge in [0, 0.05) is 12.2 Å². The van der Waals surface area contributed by atoms with Gasteiger partial charge in [-0.05, 0) is 19.8 Å². The van der Waals surface area contributed by atoms with Gasteiger partial charge in [0.25, 0.3) is 0 Å². The first-order chi connectivity index (χ1) is 7.07. The Morgan fingerprint density at radius 3 is 2.69 bits per heavy atom. The third-order valence-corrected chi connectivity index (χ3v) is 1.85. The number of allylic oxidation sites excluding steroid dienone is 1. The third kappa shape index (κ3) is 9.60. The van der Waals surface area contributed by atoms with Gasteiger partial charge in [-0.3, -0.25) is 4.79 Å². The summed E-state index contributed by atoms with van der Waals surface area (Å²) >= 11 is 0. The summed E-state index contributed by atoms with van der Waals surface area (Å²) in [5.41, 5.74) is 5.58. The van der Waals surface area contributed by atoms with Crippen LogP contribution in [0.15, 0.2) is 11.6 Å². The van der Waals surface area contributed by atoms with Crippen LogP contribution in [0.25, 0.3) is 0 Å². The highest BCUT2D eigenvalue weighted by Gasteiger charge is 2.00. The van der Waals surface area contributed by atoms with Crippen LogP contribution in [0.1, 0.15) is 19.8 Å². The van der Waals surface area contributed by atoms with E-state index in [2.05, 4.69) is 0 Å². The van der Waals surface area contributed by atoms with E-state index in [1.54, 1.807) is 13.0 Å². The molecule has 96 valence electrons. The molecule has 0 aliphatic heterocycles. The van der Waals surface area contributed by atoms with Gasteiger partial charge in [0.2, 0.25) is 5.91 Å². The fourth-order valence-electron chi connectivity index (χ4n) is 0.877. The average molecular weight is 235 g/mol. The van der Waals surface area contributed by atoms with E-state index in [9.17, 15) is 4.79 Å². The molecule has 0 aromatic rings. The Balaban J connectivity index is 0. The Hall–Kier alpha value is -0.950. The summed E-state index contributed by atoms with van der Waals surface area (Å²) in [6, 6.07) is 0. The molecule has 0 bridgehead atoms.